The van der Waals surface area contributed by atoms with Crippen LogP contribution in [0.4, 0.5) is 0 Å². The van der Waals surface area contributed by atoms with Crippen LogP contribution < -0.4 is 5.56 Å². The van der Waals surface area contributed by atoms with Gasteiger partial charge in [-0.15, -0.1) is 0 Å². The molecule has 0 atom stereocenters. The Morgan fingerprint density at radius 3 is 2.77 bits per heavy atom. The highest BCUT2D eigenvalue weighted by Gasteiger charge is 2.08. The molecule has 0 radical (unpaired) electrons. The van der Waals surface area contributed by atoms with Gasteiger partial charge in [0.05, 0.1) is 11.8 Å². The van der Waals surface area contributed by atoms with Crippen LogP contribution in [0.5, 0.6) is 0 Å². The first-order chi connectivity index (χ1) is 6.11. The van der Waals surface area contributed by atoms with Crippen molar-refractivity contribution in [3.05, 3.63) is 33.9 Å². The van der Waals surface area contributed by atoms with Crippen molar-refractivity contribution >= 4 is 11.0 Å². The average Bonchev–Trinajstić information content (AvgIpc) is 2.45. The molecule has 2 aromatic rings. The van der Waals surface area contributed by atoms with Gasteiger partial charge in [-0.3, -0.25) is 4.79 Å². The zero-order valence-electron chi connectivity index (χ0n) is 7.92. The Balaban J connectivity index is 3.05. The average molecular weight is 177 g/mol. The van der Waals surface area contributed by atoms with Gasteiger partial charge in [-0.25, -0.2) is 0 Å². The molecule has 0 aliphatic rings. The molecule has 2 heterocycles. The summed E-state index contributed by atoms with van der Waals surface area (Å²) in [6.45, 7) is 3.75. The SMILES string of the molecule is Cc1coc2c(C)c(=O)n(C)cc12. The summed E-state index contributed by atoms with van der Waals surface area (Å²) in [5.41, 5.74) is 2.45. The molecule has 0 aliphatic heterocycles. The monoisotopic (exact) mass is 177 g/mol. The topological polar surface area (TPSA) is 35.1 Å². The molecule has 0 bridgehead atoms. The number of hydrogen-bond donors (Lipinski definition) is 0. The van der Waals surface area contributed by atoms with Crippen molar-refractivity contribution in [1.29, 1.82) is 0 Å². The minimum Gasteiger partial charge on any atom is -0.464 e. The van der Waals surface area contributed by atoms with Gasteiger partial charge in [0.2, 0.25) is 0 Å². The first-order valence-corrected chi connectivity index (χ1v) is 4.15. The summed E-state index contributed by atoms with van der Waals surface area (Å²) in [6.07, 6.45) is 3.49. The second kappa shape index (κ2) is 2.49. The predicted molar refractivity (Wildman–Crippen MR) is 50.9 cm³/mol. The van der Waals surface area contributed by atoms with Crippen molar-refractivity contribution in [2.45, 2.75) is 13.8 Å². The van der Waals surface area contributed by atoms with Crippen LogP contribution in [0, 0.1) is 13.8 Å². The van der Waals surface area contributed by atoms with E-state index in [0.717, 1.165) is 10.9 Å². The summed E-state index contributed by atoms with van der Waals surface area (Å²) in [4.78, 5) is 11.5. The minimum absolute atomic E-state index is 0.00171. The second-order valence-corrected chi connectivity index (χ2v) is 3.33. The lowest BCUT2D eigenvalue weighted by atomic mass is 10.2. The first-order valence-electron chi connectivity index (χ1n) is 4.15. The summed E-state index contributed by atoms with van der Waals surface area (Å²) in [5.74, 6) is 0. The molecule has 2 rings (SSSR count). The molecule has 0 fully saturated rings. The number of pyridine rings is 1. The molecular formula is C10H11NO2. The number of rotatable bonds is 0. The van der Waals surface area contributed by atoms with Crippen LogP contribution in [0.25, 0.3) is 11.0 Å². The highest BCUT2D eigenvalue weighted by molar-refractivity contribution is 5.82. The number of aryl methyl sites for hydroxylation is 3. The zero-order chi connectivity index (χ0) is 9.59. The molecule has 0 aromatic carbocycles. The maximum Gasteiger partial charge on any atom is 0.256 e. The first kappa shape index (κ1) is 8.10. The van der Waals surface area contributed by atoms with Crippen molar-refractivity contribution in [2.24, 2.45) is 7.05 Å². The fraction of sp³-hybridized carbons (Fsp3) is 0.300. The molecular weight excluding hydrogens is 166 g/mol. The van der Waals surface area contributed by atoms with E-state index in [-0.39, 0.29) is 5.56 Å². The van der Waals surface area contributed by atoms with Gasteiger partial charge in [0.1, 0.15) is 5.58 Å². The summed E-state index contributed by atoms with van der Waals surface area (Å²) in [6, 6.07) is 0. The second-order valence-electron chi connectivity index (χ2n) is 3.33. The molecule has 0 N–H and O–H groups in total. The van der Waals surface area contributed by atoms with Crippen LogP contribution in [0.3, 0.4) is 0 Å². The number of furan rings is 1. The van der Waals surface area contributed by atoms with Crippen LogP contribution in [-0.4, -0.2) is 4.57 Å². The number of hydrogen-bond acceptors (Lipinski definition) is 2. The third-order valence-corrected chi connectivity index (χ3v) is 2.33. The van der Waals surface area contributed by atoms with E-state index >= 15 is 0 Å². The predicted octanol–water partition coefficient (Wildman–Crippen LogP) is 1.75. The van der Waals surface area contributed by atoms with E-state index in [1.54, 1.807) is 24.8 Å². The Morgan fingerprint density at radius 1 is 1.38 bits per heavy atom. The van der Waals surface area contributed by atoms with Gasteiger partial charge in [0, 0.05) is 18.6 Å². The van der Waals surface area contributed by atoms with Gasteiger partial charge < -0.3 is 8.98 Å². The highest BCUT2D eigenvalue weighted by Crippen LogP contribution is 2.20. The van der Waals surface area contributed by atoms with E-state index in [4.69, 9.17) is 4.42 Å². The largest absolute Gasteiger partial charge is 0.464 e. The zero-order valence-corrected chi connectivity index (χ0v) is 7.92. The Hall–Kier alpha value is -1.51. The maximum atomic E-state index is 11.5. The lowest BCUT2D eigenvalue weighted by Crippen LogP contribution is -2.18. The van der Waals surface area contributed by atoms with Crippen molar-refractivity contribution in [1.82, 2.24) is 4.57 Å². The lowest BCUT2D eigenvalue weighted by molar-refractivity contribution is 0.608. The fourth-order valence-electron chi connectivity index (χ4n) is 1.52. The van der Waals surface area contributed by atoms with Gasteiger partial charge >= 0.3 is 0 Å². The summed E-state index contributed by atoms with van der Waals surface area (Å²) >= 11 is 0. The summed E-state index contributed by atoms with van der Waals surface area (Å²) < 4.78 is 6.89. The van der Waals surface area contributed by atoms with Gasteiger partial charge in [-0.05, 0) is 19.4 Å². The molecule has 2 aromatic heterocycles. The molecule has 0 spiro atoms. The number of aromatic nitrogens is 1. The van der Waals surface area contributed by atoms with Crippen LogP contribution in [-0.2, 0) is 7.05 Å². The Kier molecular flexibility index (Phi) is 1.55. The molecule has 3 heteroatoms. The van der Waals surface area contributed by atoms with Gasteiger partial charge in [0.15, 0.2) is 0 Å². The normalized spacial score (nSPS) is 11.0. The van der Waals surface area contributed by atoms with E-state index in [2.05, 4.69) is 0 Å². The Morgan fingerprint density at radius 2 is 2.08 bits per heavy atom. The smallest absolute Gasteiger partial charge is 0.256 e. The van der Waals surface area contributed by atoms with Gasteiger partial charge in [-0.1, -0.05) is 0 Å². The molecule has 68 valence electrons. The summed E-state index contributed by atoms with van der Waals surface area (Å²) in [7, 11) is 1.75. The lowest BCUT2D eigenvalue weighted by Gasteiger charge is -1.99. The molecule has 0 amide bonds. The third kappa shape index (κ3) is 1.00. The van der Waals surface area contributed by atoms with E-state index in [9.17, 15) is 4.79 Å². The number of fused-ring (bicyclic) bond motifs is 1. The van der Waals surface area contributed by atoms with E-state index in [0.29, 0.717) is 11.1 Å². The van der Waals surface area contributed by atoms with Crippen molar-refractivity contribution in [3.8, 4) is 0 Å². The van der Waals surface area contributed by atoms with Crippen LogP contribution in [0.2, 0.25) is 0 Å². The Labute approximate surface area is 75.6 Å². The van der Waals surface area contributed by atoms with Crippen LogP contribution in [0.15, 0.2) is 21.7 Å². The van der Waals surface area contributed by atoms with E-state index in [1.807, 2.05) is 13.1 Å². The summed E-state index contributed by atoms with van der Waals surface area (Å²) in [5, 5.41) is 1.01. The van der Waals surface area contributed by atoms with Gasteiger partial charge in [0.25, 0.3) is 5.56 Å². The molecule has 0 saturated heterocycles. The molecule has 3 nitrogen and oxygen atoms in total. The quantitative estimate of drug-likeness (QED) is 0.614. The number of nitrogens with zero attached hydrogens (tertiary/aromatic N) is 1. The third-order valence-electron chi connectivity index (χ3n) is 2.33. The fourth-order valence-corrected chi connectivity index (χ4v) is 1.52. The van der Waals surface area contributed by atoms with Gasteiger partial charge in [-0.2, -0.15) is 0 Å². The van der Waals surface area contributed by atoms with Crippen molar-refractivity contribution in [2.75, 3.05) is 0 Å². The standard InChI is InChI=1S/C10H11NO2/c1-6-5-13-9-7(2)10(12)11(3)4-8(6)9/h4-5H,1-3H3. The van der Waals surface area contributed by atoms with Crippen LogP contribution in [0.1, 0.15) is 11.1 Å². The maximum absolute atomic E-state index is 11.5. The van der Waals surface area contributed by atoms with Crippen LogP contribution >= 0.6 is 0 Å². The molecule has 0 saturated carbocycles. The minimum atomic E-state index is 0.00171. The van der Waals surface area contributed by atoms with E-state index in [1.165, 1.54) is 0 Å². The molecule has 0 aliphatic carbocycles. The van der Waals surface area contributed by atoms with E-state index < -0.39 is 0 Å². The van der Waals surface area contributed by atoms with Crippen molar-refractivity contribution in [3.63, 3.8) is 0 Å². The molecule has 13 heavy (non-hydrogen) atoms. The highest BCUT2D eigenvalue weighted by atomic mass is 16.3. The molecule has 0 unspecified atom stereocenters. The van der Waals surface area contributed by atoms with Crippen molar-refractivity contribution < 1.29 is 4.42 Å². The Bertz CT molecular complexity index is 519.